The molecule has 0 aliphatic heterocycles. The van der Waals surface area contributed by atoms with Gasteiger partial charge in [-0.15, -0.1) is 0 Å². The molecular formula is C10H16N2O2. The van der Waals surface area contributed by atoms with Crippen LogP contribution in [0.4, 0.5) is 0 Å². The van der Waals surface area contributed by atoms with Crippen LogP contribution in [0.2, 0.25) is 0 Å². The van der Waals surface area contributed by atoms with E-state index >= 15 is 0 Å². The first-order valence-electron chi connectivity index (χ1n) is 4.81. The van der Waals surface area contributed by atoms with Crippen LogP contribution in [0.5, 0.6) is 0 Å². The van der Waals surface area contributed by atoms with Crippen LogP contribution in [-0.2, 0) is 6.54 Å². The molecule has 0 amide bonds. The first kappa shape index (κ1) is 10.8. The van der Waals surface area contributed by atoms with E-state index in [1.165, 1.54) is 4.57 Å². The second-order valence-corrected chi connectivity index (χ2v) is 3.65. The second kappa shape index (κ2) is 3.82. The van der Waals surface area contributed by atoms with Crippen molar-refractivity contribution >= 4 is 0 Å². The van der Waals surface area contributed by atoms with Crippen LogP contribution in [0.1, 0.15) is 32.4 Å². The molecule has 1 rings (SSSR count). The number of aryl methyl sites for hydroxylation is 1. The Morgan fingerprint density at radius 2 is 1.93 bits per heavy atom. The maximum absolute atomic E-state index is 11.7. The monoisotopic (exact) mass is 196 g/mol. The van der Waals surface area contributed by atoms with Crippen molar-refractivity contribution < 1.29 is 0 Å². The highest BCUT2D eigenvalue weighted by Crippen LogP contribution is 1.98. The normalized spacial score (nSPS) is 10.9. The van der Waals surface area contributed by atoms with Gasteiger partial charge in [-0.25, -0.2) is 4.79 Å². The smallest absolute Gasteiger partial charge is 0.298 e. The van der Waals surface area contributed by atoms with Crippen molar-refractivity contribution in [3.8, 4) is 0 Å². The van der Waals surface area contributed by atoms with Crippen molar-refractivity contribution in [1.82, 2.24) is 9.13 Å². The molecule has 4 heteroatoms. The minimum absolute atomic E-state index is 0.0830. The van der Waals surface area contributed by atoms with E-state index in [4.69, 9.17) is 0 Å². The highest BCUT2D eigenvalue weighted by molar-refractivity contribution is 5.03. The van der Waals surface area contributed by atoms with Crippen molar-refractivity contribution in [2.75, 3.05) is 0 Å². The molecule has 78 valence electrons. The molecule has 0 atom stereocenters. The summed E-state index contributed by atoms with van der Waals surface area (Å²) in [4.78, 5) is 23.3. The number of aromatic nitrogens is 2. The molecule has 0 spiro atoms. The van der Waals surface area contributed by atoms with Crippen LogP contribution >= 0.6 is 0 Å². The zero-order valence-electron chi connectivity index (χ0n) is 9.07. The molecular weight excluding hydrogens is 180 g/mol. The minimum atomic E-state index is -0.224. The summed E-state index contributed by atoms with van der Waals surface area (Å²) in [6.45, 7) is 7.79. The first-order valence-corrected chi connectivity index (χ1v) is 4.81. The Kier molecular flexibility index (Phi) is 2.93. The van der Waals surface area contributed by atoms with Gasteiger partial charge in [0.1, 0.15) is 0 Å². The van der Waals surface area contributed by atoms with Crippen molar-refractivity contribution in [1.29, 1.82) is 0 Å². The van der Waals surface area contributed by atoms with Gasteiger partial charge in [0.05, 0.1) is 0 Å². The fourth-order valence-corrected chi connectivity index (χ4v) is 1.41. The summed E-state index contributed by atoms with van der Waals surface area (Å²) in [6.07, 6.45) is 1.63. The third-order valence-electron chi connectivity index (χ3n) is 2.24. The standard InChI is InChI=1S/C10H16N2O2/c1-5-11-9(13)8(4)6-12(7(2)3)10(11)14/h6-7H,5H2,1-4H3. The van der Waals surface area contributed by atoms with Crippen LogP contribution in [0, 0.1) is 6.92 Å². The Hall–Kier alpha value is -1.32. The number of hydrogen-bond donors (Lipinski definition) is 0. The van der Waals surface area contributed by atoms with Crippen LogP contribution < -0.4 is 11.2 Å². The molecule has 0 aromatic carbocycles. The maximum atomic E-state index is 11.7. The predicted octanol–water partition coefficient (Wildman–Crippen LogP) is 0.919. The topological polar surface area (TPSA) is 44.0 Å². The van der Waals surface area contributed by atoms with Gasteiger partial charge >= 0.3 is 5.69 Å². The Labute approximate surface area is 82.8 Å². The van der Waals surface area contributed by atoms with Crippen molar-refractivity contribution in [3.63, 3.8) is 0 Å². The number of hydrogen-bond acceptors (Lipinski definition) is 2. The molecule has 14 heavy (non-hydrogen) atoms. The van der Waals surface area contributed by atoms with Gasteiger partial charge in [0, 0.05) is 24.3 Å². The lowest BCUT2D eigenvalue weighted by Crippen LogP contribution is -2.40. The van der Waals surface area contributed by atoms with E-state index in [1.54, 1.807) is 24.6 Å². The van der Waals surface area contributed by atoms with E-state index in [-0.39, 0.29) is 17.3 Å². The summed E-state index contributed by atoms with van der Waals surface area (Å²) >= 11 is 0. The van der Waals surface area contributed by atoms with Crippen LogP contribution in [0.25, 0.3) is 0 Å². The molecule has 0 unspecified atom stereocenters. The van der Waals surface area contributed by atoms with Crippen molar-refractivity contribution in [2.24, 2.45) is 0 Å². The third-order valence-corrected chi connectivity index (χ3v) is 2.24. The molecule has 0 N–H and O–H groups in total. The van der Waals surface area contributed by atoms with Crippen LogP contribution in [0.15, 0.2) is 15.8 Å². The number of nitrogens with zero attached hydrogens (tertiary/aromatic N) is 2. The van der Waals surface area contributed by atoms with Gasteiger partial charge in [-0.05, 0) is 27.7 Å². The first-order chi connectivity index (χ1) is 6.49. The summed E-state index contributed by atoms with van der Waals surface area (Å²) in [5.41, 5.74) is 0.202. The molecule has 0 bridgehead atoms. The molecule has 0 radical (unpaired) electrons. The Morgan fingerprint density at radius 1 is 1.36 bits per heavy atom. The van der Waals surface area contributed by atoms with Crippen molar-refractivity contribution in [3.05, 3.63) is 32.6 Å². The molecule has 0 saturated carbocycles. The largest absolute Gasteiger partial charge is 0.331 e. The van der Waals surface area contributed by atoms with Gasteiger partial charge in [-0.1, -0.05) is 0 Å². The highest BCUT2D eigenvalue weighted by Gasteiger charge is 2.08. The predicted molar refractivity (Wildman–Crippen MR) is 55.8 cm³/mol. The van der Waals surface area contributed by atoms with Crippen LogP contribution in [0.3, 0.4) is 0 Å². The fourth-order valence-electron chi connectivity index (χ4n) is 1.41. The van der Waals surface area contributed by atoms with Gasteiger partial charge in [-0.3, -0.25) is 13.9 Å². The second-order valence-electron chi connectivity index (χ2n) is 3.65. The number of rotatable bonds is 2. The summed E-state index contributed by atoms with van der Waals surface area (Å²) in [7, 11) is 0. The van der Waals surface area contributed by atoms with Gasteiger partial charge in [0.2, 0.25) is 0 Å². The van der Waals surface area contributed by atoms with E-state index < -0.39 is 0 Å². The van der Waals surface area contributed by atoms with Gasteiger partial charge in [-0.2, -0.15) is 0 Å². The maximum Gasteiger partial charge on any atom is 0.331 e. The summed E-state index contributed by atoms with van der Waals surface area (Å²) in [5, 5.41) is 0. The molecule has 0 fully saturated rings. The molecule has 0 aliphatic carbocycles. The van der Waals surface area contributed by atoms with Crippen LogP contribution in [-0.4, -0.2) is 9.13 Å². The third kappa shape index (κ3) is 1.64. The summed E-state index contributed by atoms with van der Waals surface area (Å²) in [5.74, 6) is 0. The van der Waals surface area contributed by atoms with Crippen molar-refractivity contribution in [2.45, 2.75) is 40.3 Å². The fraction of sp³-hybridized carbons (Fsp3) is 0.600. The lowest BCUT2D eigenvalue weighted by molar-refractivity contribution is 0.512. The highest BCUT2D eigenvalue weighted by atomic mass is 16.2. The van der Waals surface area contributed by atoms with Gasteiger partial charge < -0.3 is 0 Å². The Bertz CT molecular complexity index is 440. The quantitative estimate of drug-likeness (QED) is 0.706. The van der Waals surface area contributed by atoms with E-state index in [2.05, 4.69) is 0 Å². The lowest BCUT2D eigenvalue weighted by Gasteiger charge is -2.12. The summed E-state index contributed by atoms with van der Waals surface area (Å²) < 4.78 is 2.84. The SMILES string of the molecule is CCn1c(=O)c(C)cn(C(C)C)c1=O. The van der Waals surface area contributed by atoms with Gasteiger partial charge in [0.15, 0.2) is 0 Å². The molecule has 4 nitrogen and oxygen atoms in total. The Morgan fingerprint density at radius 3 is 2.36 bits per heavy atom. The molecule has 1 heterocycles. The lowest BCUT2D eigenvalue weighted by atomic mass is 10.3. The molecule has 0 saturated heterocycles. The average molecular weight is 196 g/mol. The Balaban J connectivity index is 3.60. The minimum Gasteiger partial charge on any atom is -0.298 e. The molecule has 1 aromatic heterocycles. The average Bonchev–Trinajstić information content (AvgIpc) is 2.12. The summed E-state index contributed by atoms with van der Waals surface area (Å²) in [6, 6.07) is 0.0830. The van der Waals surface area contributed by atoms with Gasteiger partial charge in [0.25, 0.3) is 5.56 Å². The zero-order valence-corrected chi connectivity index (χ0v) is 9.07. The van der Waals surface area contributed by atoms with E-state index in [9.17, 15) is 9.59 Å². The zero-order chi connectivity index (χ0) is 10.9. The molecule has 0 aliphatic rings. The molecule has 1 aromatic rings. The van der Waals surface area contributed by atoms with E-state index in [0.29, 0.717) is 12.1 Å². The van der Waals surface area contributed by atoms with E-state index in [1.807, 2.05) is 13.8 Å². The van der Waals surface area contributed by atoms with E-state index in [0.717, 1.165) is 0 Å².